The van der Waals surface area contributed by atoms with Crippen molar-refractivity contribution in [3.8, 4) is 11.5 Å². The van der Waals surface area contributed by atoms with Gasteiger partial charge in [0.25, 0.3) is 0 Å². The molecule has 4 heteroatoms. The van der Waals surface area contributed by atoms with Gasteiger partial charge in [0.2, 0.25) is 0 Å². The summed E-state index contributed by atoms with van der Waals surface area (Å²) in [6.45, 7) is 3.58. The van der Waals surface area contributed by atoms with Gasteiger partial charge in [-0.15, -0.1) is 0 Å². The zero-order valence-electron chi connectivity index (χ0n) is 15.7. The molecule has 0 radical (unpaired) electrons. The number of alkyl halides is 1. The van der Waals surface area contributed by atoms with Crippen molar-refractivity contribution in [3.05, 3.63) is 35.4 Å². The van der Waals surface area contributed by atoms with Crippen LogP contribution in [0.5, 0.6) is 11.5 Å². The minimum Gasteiger partial charge on any atom is -0.493 e. The van der Waals surface area contributed by atoms with Crippen LogP contribution in [0, 0.1) is 0 Å². The Morgan fingerprint density at radius 1 is 0.846 bits per heavy atom. The van der Waals surface area contributed by atoms with E-state index >= 15 is 0 Å². The highest BCUT2D eigenvalue weighted by molar-refractivity contribution is 9.09. The molecule has 2 aromatic carbocycles. The average molecular weight is 442 g/mol. The van der Waals surface area contributed by atoms with Gasteiger partial charge in [0.1, 0.15) is 11.5 Å². The van der Waals surface area contributed by atoms with Gasteiger partial charge >= 0.3 is 0 Å². The Balaban J connectivity index is 1.94. The lowest BCUT2D eigenvalue weighted by molar-refractivity contribution is 0.303. The monoisotopic (exact) mass is 440 g/mol. The Labute approximate surface area is 171 Å². The standard InChI is InChI=1S/C22H30BrClO2/c1-2-3-15-26-22-19-13-9-8-12-18(19)21(17-20(22)24)25-16-11-7-5-4-6-10-14-23/h8-9,12-13,17H,2-7,10-11,14-16H2,1H3. The Hall–Kier alpha value is -0.930. The minimum atomic E-state index is 0.629. The summed E-state index contributed by atoms with van der Waals surface area (Å²) in [5.74, 6) is 1.63. The normalized spacial score (nSPS) is 11.0. The van der Waals surface area contributed by atoms with Crippen LogP contribution in [0.1, 0.15) is 58.3 Å². The molecule has 0 heterocycles. The molecule has 0 aliphatic heterocycles. The predicted octanol–water partition coefficient (Wildman–Crippen LogP) is 7.79. The third kappa shape index (κ3) is 6.66. The van der Waals surface area contributed by atoms with E-state index in [0.717, 1.165) is 53.5 Å². The van der Waals surface area contributed by atoms with Crippen molar-refractivity contribution >= 4 is 38.3 Å². The fourth-order valence-electron chi connectivity index (χ4n) is 2.95. The Morgan fingerprint density at radius 3 is 2.23 bits per heavy atom. The van der Waals surface area contributed by atoms with Crippen molar-refractivity contribution in [3.63, 3.8) is 0 Å². The van der Waals surface area contributed by atoms with Crippen molar-refractivity contribution in [1.82, 2.24) is 0 Å². The highest BCUT2D eigenvalue weighted by atomic mass is 79.9. The summed E-state index contributed by atoms with van der Waals surface area (Å²) in [4.78, 5) is 0. The predicted molar refractivity (Wildman–Crippen MR) is 116 cm³/mol. The van der Waals surface area contributed by atoms with Crippen LogP contribution in [-0.2, 0) is 0 Å². The van der Waals surface area contributed by atoms with Crippen LogP contribution in [0.4, 0.5) is 0 Å². The Kier molecular flexibility index (Phi) is 10.2. The first-order valence-electron chi connectivity index (χ1n) is 9.80. The fourth-order valence-corrected chi connectivity index (χ4v) is 3.61. The van der Waals surface area contributed by atoms with Gasteiger partial charge in [-0.2, -0.15) is 0 Å². The molecule has 2 aromatic rings. The average Bonchev–Trinajstić information content (AvgIpc) is 2.66. The second-order valence-corrected chi connectivity index (χ2v) is 7.79. The van der Waals surface area contributed by atoms with E-state index in [2.05, 4.69) is 35.0 Å². The number of rotatable bonds is 13. The topological polar surface area (TPSA) is 18.5 Å². The van der Waals surface area contributed by atoms with Crippen molar-refractivity contribution in [2.24, 2.45) is 0 Å². The van der Waals surface area contributed by atoms with Gasteiger partial charge < -0.3 is 9.47 Å². The highest BCUT2D eigenvalue weighted by Gasteiger charge is 2.13. The van der Waals surface area contributed by atoms with E-state index in [-0.39, 0.29) is 0 Å². The lowest BCUT2D eigenvalue weighted by atomic mass is 10.1. The van der Waals surface area contributed by atoms with E-state index < -0.39 is 0 Å². The number of hydrogen-bond donors (Lipinski definition) is 0. The molecular formula is C22H30BrClO2. The molecule has 0 aliphatic carbocycles. The van der Waals surface area contributed by atoms with E-state index in [9.17, 15) is 0 Å². The molecule has 0 saturated heterocycles. The Bertz CT molecular complexity index is 660. The van der Waals surface area contributed by atoms with Crippen LogP contribution in [0.15, 0.2) is 30.3 Å². The first kappa shape index (κ1) is 21.4. The minimum absolute atomic E-state index is 0.629. The summed E-state index contributed by atoms with van der Waals surface area (Å²) in [5.41, 5.74) is 0. The third-order valence-corrected chi connectivity index (χ3v) is 5.28. The third-order valence-electron chi connectivity index (χ3n) is 4.44. The van der Waals surface area contributed by atoms with E-state index in [4.69, 9.17) is 21.1 Å². The van der Waals surface area contributed by atoms with Gasteiger partial charge in [0.05, 0.1) is 18.2 Å². The van der Waals surface area contributed by atoms with Gasteiger partial charge in [-0.1, -0.05) is 90.8 Å². The highest BCUT2D eigenvalue weighted by Crippen LogP contribution is 2.39. The van der Waals surface area contributed by atoms with Crippen LogP contribution in [0.3, 0.4) is 0 Å². The second kappa shape index (κ2) is 12.5. The van der Waals surface area contributed by atoms with Gasteiger partial charge in [0, 0.05) is 22.2 Å². The zero-order valence-corrected chi connectivity index (χ0v) is 18.1. The zero-order chi connectivity index (χ0) is 18.6. The number of fused-ring (bicyclic) bond motifs is 1. The molecule has 0 fully saturated rings. The summed E-state index contributed by atoms with van der Waals surface area (Å²) in [7, 11) is 0. The van der Waals surface area contributed by atoms with Gasteiger partial charge in [-0.25, -0.2) is 0 Å². The van der Waals surface area contributed by atoms with E-state index in [1.165, 1.54) is 32.1 Å². The maximum Gasteiger partial charge on any atom is 0.145 e. The number of halogens is 2. The first-order chi connectivity index (χ1) is 12.8. The van der Waals surface area contributed by atoms with Gasteiger partial charge in [-0.05, 0) is 19.3 Å². The van der Waals surface area contributed by atoms with Crippen molar-refractivity contribution in [2.75, 3.05) is 18.5 Å². The van der Waals surface area contributed by atoms with Crippen molar-refractivity contribution in [2.45, 2.75) is 58.3 Å². The maximum absolute atomic E-state index is 6.49. The summed E-state index contributed by atoms with van der Waals surface area (Å²) in [6, 6.07) is 10.1. The lowest BCUT2D eigenvalue weighted by Gasteiger charge is -2.15. The van der Waals surface area contributed by atoms with E-state index in [1.54, 1.807) is 0 Å². The number of unbranched alkanes of at least 4 members (excludes halogenated alkanes) is 6. The van der Waals surface area contributed by atoms with E-state index in [0.29, 0.717) is 11.6 Å². The van der Waals surface area contributed by atoms with Crippen molar-refractivity contribution < 1.29 is 9.47 Å². The van der Waals surface area contributed by atoms with Crippen LogP contribution >= 0.6 is 27.5 Å². The van der Waals surface area contributed by atoms with Crippen LogP contribution in [-0.4, -0.2) is 18.5 Å². The number of benzene rings is 2. The smallest absolute Gasteiger partial charge is 0.145 e. The van der Waals surface area contributed by atoms with E-state index in [1.807, 2.05) is 18.2 Å². The molecule has 0 atom stereocenters. The maximum atomic E-state index is 6.49. The molecule has 0 bridgehead atoms. The molecule has 144 valence electrons. The number of ether oxygens (including phenoxy) is 2. The molecule has 2 rings (SSSR count). The molecule has 0 aliphatic rings. The van der Waals surface area contributed by atoms with Crippen molar-refractivity contribution in [1.29, 1.82) is 0 Å². The molecule has 26 heavy (non-hydrogen) atoms. The molecule has 0 saturated carbocycles. The molecule has 0 N–H and O–H groups in total. The number of hydrogen-bond acceptors (Lipinski definition) is 2. The summed E-state index contributed by atoms with van der Waals surface area (Å²) < 4.78 is 12.0. The quantitative estimate of drug-likeness (QED) is 0.233. The molecule has 0 spiro atoms. The van der Waals surface area contributed by atoms with Crippen LogP contribution < -0.4 is 9.47 Å². The Morgan fingerprint density at radius 2 is 1.50 bits per heavy atom. The molecule has 0 amide bonds. The summed E-state index contributed by atoms with van der Waals surface area (Å²) in [6.07, 6.45) is 9.60. The largest absolute Gasteiger partial charge is 0.493 e. The first-order valence-corrected chi connectivity index (χ1v) is 11.3. The van der Waals surface area contributed by atoms with Crippen LogP contribution in [0.25, 0.3) is 10.8 Å². The fraction of sp³-hybridized carbons (Fsp3) is 0.545. The van der Waals surface area contributed by atoms with Gasteiger partial charge in [-0.3, -0.25) is 0 Å². The van der Waals surface area contributed by atoms with Gasteiger partial charge in [0.15, 0.2) is 0 Å². The second-order valence-electron chi connectivity index (χ2n) is 6.59. The lowest BCUT2D eigenvalue weighted by Crippen LogP contribution is -2.01. The molecular weight excluding hydrogens is 412 g/mol. The molecule has 2 nitrogen and oxygen atoms in total. The SMILES string of the molecule is CCCCOc1c(Cl)cc(OCCCCCCCCBr)c2ccccc12. The van der Waals surface area contributed by atoms with Crippen LogP contribution in [0.2, 0.25) is 5.02 Å². The molecule has 0 aromatic heterocycles. The molecule has 0 unspecified atom stereocenters. The summed E-state index contributed by atoms with van der Waals surface area (Å²) >= 11 is 9.97. The summed E-state index contributed by atoms with van der Waals surface area (Å²) in [5, 5.41) is 3.84.